The number of rotatable bonds is 2. The highest BCUT2D eigenvalue weighted by Gasteiger charge is 2.12. The molecule has 0 aliphatic heterocycles. The van der Waals surface area contributed by atoms with E-state index in [1.807, 2.05) is 31.2 Å². The summed E-state index contributed by atoms with van der Waals surface area (Å²) < 4.78 is 0. The molecule has 1 N–H and O–H groups in total. The second-order valence-electron chi connectivity index (χ2n) is 3.72. The molecular formula is C11H16N2O2. The van der Waals surface area contributed by atoms with Gasteiger partial charge >= 0.3 is 6.03 Å². The van der Waals surface area contributed by atoms with E-state index in [0.29, 0.717) is 5.06 Å². The van der Waals surface area contributed by atoms with E-state index >= 15 is 0 Å². The first kappa shape index (κ1) is 11.5. The van der Waals surface area contributed by atoms with Gasteiger partial charge in [-0.1, -0.05) is 29.8 Å². The largest absolute Gasteiger partial charge is 0.343 e. The number of carbonyl (C=O) groups is 1. The number of aryl methyl sites for hydroxylation is 1. The SMILES string of the molecule is Cc1ccc(CN(O)C(=O)N(C)C)cc1. The molecule has 1 aromatic carbocycles. The van der Waals surface area contributed by atoms with E-state index < -0.39 is 6.03 Å². The van der Waals surface area contributed by atoms with Crippen LogP contribution in [0.3, 0.4) is 0 Å². The standard InChI is InChI=1S/C11H16N2O2/c1-9-4-6-10(7-5-9)8-13(15)11(14)12(2)3/h4-7,15H,8H2,1-3H3. The second kappa shape index (κ2) is 4.79. The van der Waals surface area contributed by atoms with Crippen LogP contribution < -0.4 is 0 Å². The third kappa shape index (κ3) is 3.25. The van der Waals surface area contributed by atoms with Crippen molar-refractivity contribution in [3.63, 3.8) is 0 Å². The molecule has 0 aliphatic rings. The minimum Gasteiger partial charge on any atom is -0.329 e. The average molecular weight is 208 g/mol. The number of hydrogen-bond donors (Lipinski definition) is 1. The summed E-state index contributed by atoms with van der Waals surface area (Å²) in [6, 6.07) is 7.26. The predicted molar refractivity (Wildman–Crippen MR) is 57.6 cm³/mol. The van der Waals surface area contributed by atoms with Crippen molar-refractivity contribution in [3.05, 3.63) is 35.4 Å². The Balaban J connectivity index is 2.62. The highest BCUT2D eigenvalue weighted by atomic mass is 16.5. The number of amides is 2. The van der Waals surface area contributed by atoms with Crippen molar-refractivity contribution in [2.75, 3.05) is 14.1 Å². The summed E-state index contributed by atoms with van der Waals surface area (Å²) >= 11 is 0. The Hall–Kier alpha value is -1.55. The Morgan fingerprint density at radius 1 is 1.27 bits per heavy atom. The second-order valence-corrected chi connectivity index (χ2v) is 3.72. The molecule has 0 fully saturated rings. The first-order valence-electron chi connectivity index (χ1n) is 4.74. The van der Waals surface area contributed by atoms with Crippen molar-refractivity contribution >= 4 is 6.03 Å². The fraction of sp³-hybridized carbons (Fsp3) is 0.364. The smallest absolute Gasteiger partial charge is 0.329 e. The van der Waals surface area contributed by atoms with E-state index in [4.69, 9.17) is 0 Å². The van der Waals surface area contributed by atoms with Crippen molar-refractivity contribution in [1.29, 1.82) is 0 Å². The Morgan fingerprint density at radius 2 is 1.80 bits per heavy atom. The zero-order chi connectivity index (χ0) is 11.4. The van der Waals surface area contributed by atoms with Gasteiger partial charge < -0.3 is 4.90 Å². The molecule has 4 nitrogen and oxygen atoms in total. The van der Waals surface area contributed by atoms with Crippen molar-refractivity contribution in [3.8, 4) is 0 Å². The molecule has 0 aliphatic carbocycles. The highest BCUT2D eigenvalue weighted by molar-refractivity contribution is 5.72. The Bertz CT molecular complexity index is 333. The fourth-order valence-corrected chi connectivity index (χ4v) is 1.16. The highest BCUT2D eigenvalue weighted by Crippen LogP contribution is 2.06. The molecule has 0 heterocycles. The number of hydrogen-bond acceptors (Lipinski definition) is 2. The summed E-state index contributed by atoms with van der Waals surface area (Å²) in [6.07, 6.45) is 0. The van der Waals surface area contributed by atoms with Crippen LogP contribution in [0.4, 0.5) is 4.79 Å². The van der Waals surface area contributed by atoms with E-state index in [1.165, 1.54) is 4.90 Å². The molecule has 1 rings (SSSR count). The average Bonchev–Trinajstić information content (AvgIpc) is 2.20. The monoisotopic (exact) mass is 208 g/mol. The van der Waals surface area contributed by atoms with Gasteiger partial charge in [0.15, 0.2) is 0 Å². The van der Waals surface area contributed by atoms with Gasteiger partial charge in [0.1, 0.15) is 0 Å². The maximum absolute atomic E-state index is 11.3. The minimum atomic E-state index is -0.421. The van der Waals surface area contributed by atoms with E-state index in [0.717, 1.165) is 11.1 Å². The van der Waals surface area contributed by atoms with Crippen molar-refractivity contribution in [2.45, 2.75) is 13.5 Å². The van der Waals surface area contributed by atoms with Crippen LogP contribution in [0.2, 0.25) is 0 Å². The molecule has 0 aromatic heterocycles. The zero-order valence-corrected chi connectivity index (χ0v) is 9.27. The van der Waals surface area contributed by atoms with Crippen LogP contribution in [0.1, 0.15) is 11.1 Å². The van der Waals surface area contributed by atoms with Crippen LogP contribution >= 0.6 is 0 Å². The molecule has 0 bridgehead atoms. The van der Waals surface area contributed by atoms with Crippen LogP contribution in [0.15, 0.2) is 24.3 Å². The lowest BCUT2D eigenvalue weighted by Gasteiger charge is -2.19. The summed E-state index contributed by atoms with van der Waals surface area (Å²) in [7, 11) is 3.20. The first-order chi connectivity index (χ1) is 7.00. The number of hydroxylamine groups is 2. The number of benzene rings is 1. The summed E-state index contributed by atoms with van der Waals surface area (Å²) in [5.41, 5.74) is 2.06. The molecule has 15 heavy (non-hydrogen) atoms. The van der Waals surface area contributed by atoms with Gasteiger partial charge in [-0.05, 0) is 12.5 Å². The van der Waals surface area contributed by atoms with Gasteiger partial charge in [-0.2, -0.15) is 0 Å². The Kier molecular flexibility index (Phi) is 3.68. The van der Waals surface area contributed by atoms with E-state index in [-0.39, 0.29) is 6.54 Å². The molecule has 1 aromatic rings. The van der Waals surface area contributed by atoms with Crippen molar-refractivity contribution in [2.24, 2.45) is 0 Å². The Morgan fingerprint density at radius 3 is 2.27 bits per heavy atom. The normalized spacial score (nSPS) is 9.87. The van der Waals surface area contributed by atoms with Gasteiger partial charge in [-0.25, -0.2) is 9.86 Å². The van der Waals surface area contributed by atoms with Crippen molar-refractivity contribution < 1.29 is 10.0 Å². The molecule has 82 valence electrons. The van der Waals surface area contributed by atoms with Crippen LogP contribution in [-0.2, 0) is 6.54 Å². The van der Waals surface area contributed by atoms with Crippen LogP contribution in [0, 0.1) is 6.92 Å². The molecule has 0 spiro atoms. The third-order valence-corrected chi connectivity index (χ3v) is 2.06. The zero-order valence-electron chi connectivity index (χ0n) is 9.27. The topological polar surface area (TPSA) is 43.8 Å². The van der Waals surface area contributed by atoms with Gasteiger partial charge in [-0.15, -0.1) is 0 Å². The Labute approximate surface area is 89.7 Å². The van der Waals surface area contributed by atoms with E-state index in [1.54, 1.807) is 14.1 Å². The van der Waals surface area contributed by atoms with Crippen LogP contribution in [-0.4, -0.2) is 35.3 Å². The molecule has 4 heteroatoms. The third-order valence-electron chi connectivity index (χ3n) is 2.06. The lowest BCUT2D eigenvalue weighted by Crippen LogP contribution is -2.36. The van der Waals surface area contributed by atoms with Gasteiger partial charge in [0.25, 0.3) is 0 Å². The quantitative estimate of drug-likeness (QED) is 0.595. The molecule has 0 saturated carbocycles. The molecule has 0 atom stereocenters. The minimum absolute atomic E-state index is 0.206. The summed E-state index contributed by atoms with van der Waals surface area (Å²) in [4.78, 5) is 12.6. The molecule has 0 radical (unpaired) electrons. The molecule has 0 saturated heterocycles. The lowest BCUT2D eigenvalue weighted by atomic mass is 10.1. The molecule has 0 unspecified atom stereocenters. The number of urea groups is 1. The first-order valence-corrected chi connectivity index (χ1v) is 4.74. The summed E-state index contributed by atoms with van der Waals surface area (Å²) in [5, 5.41) is 10.2. The molecule has 2 amide bonds. The summed E-state index contributed by atoms with van der Waals surface area (Å²) in [5.74, 6) is 0. The molecular weight excluding hydrogens is 192 g/mol. The van der Waals surface area contributed by atoms with Gasteiger partial charge in [0.2, 0.25) is 0 Å². The number of carbonyl (C=O) groups excluding carboxylic acids is 1. The van der Waals surface area contributed by atoms with Crippen LogP contribution in [0.25, 0.3) is 0 Å². The lowest BCUT2D eigenvalue weighted by molar-refractivity contribution is -0.0602. The fourth-order valence-electron chi connectivity index (χ4n) is 1.16. The van der Waals surface area contributed by atoms with Gasteiger partial charge in [-0.3, -0.25) is 5.21 Å². The van der Waals surface area contributed by atoms with Gasteiger partial charge in [0.05, 0.1) is 6.54 Å². The number of nitrogens with zero attached hydrogens (tertiary/aromatic N) is 2. The maximum atomic E-state index is 11.3. The van der Waals surface area contributed by atoms with E-state index in [9.17, 15) is 10.0 Å². The van der Waals surface area contributed by atoms with Crippen molar-refractivity contribution in [1.82, 2.24) is 9.96 Å². The summed E-state index contributed by atoms with van der Waals surface area (Å²) in [6.45, 7) is 2.20. The predicted octanol–water partition coefficient (Wildman–Crippen LogP) is 1.87. The van der Waals surface area contributed by atoms with Gasteiger partial charge in [0, 0.05) is 14.1 Å². The van der Waals surface area contributed by atoms with Crippen LogP contribution in [0.5, 0.6) is 0 Å². The maximum Gasteiger partial charge on any atom is 0.343 e. The van der Waals surface area contributed by atoms with E-state index in [2.05, 4.69) is 0 Å².